The number of benzene rings is 1. The molecule has 8 heteroatoms. The van der Waals surface area contributed by atoms with Gasteiger partial charge in [-0.15, -0.1) is 10.2 Å². The maximum Gasteiger partial charge on any atom is 0.350 e. The molecule has 4 nitrogen and oxygen atoms in total. The Morgan fingerprint density at radius 2 is 2.12 bits per heavy atom. The zero-order valence-electron chi connectivity index (χ0n) is 7.61. The highest BCUT2D eigenvalue weighted by Crippen LogP contribution is 2.28. The summed E-state index contributed by atoms with van der Waals surface area (Å²) in [6.45, 7) is -2.81. The van der Waals surface area contributed by atoms with Gasteiger partial charge in [0.15, 0.2) is 0 Å². The van der Waals surface area contributed by atoms with Crippen LogP contribution < -0.4 is 0 Å². The predicted molar refractivity (Wildman–Crippen MR) is 57.2 cm³/mol. The summed E-state index contributed by atoms with van der Waals surface area (Å²) in [5.74, 6) is 0.0923. The molecule has 16 heavy (non-hydrogen) atoms. The van der Waals surface area contributed by atoms with E-state index in [1.807, 2.05) is 0 Å². The van der Waals surface area contributed by atoms with Crippen LogP contribution in [0.15, 0.2) is 22.7 Å². The molecule has 0 aliphatic carbocycles. The molecule has 0 saturated carbocycles. The number of tetrazole rings is 1. The third kappa shape index (κ3) is 2.19. The Labute approximate surface area is 102 Å². The van der Waals surface area contributed by atoms with Gasteiger partial charge in [0.1, 0.15) is 0 Å². The van der Waals surface area contributed by atoms with Gasteiger partial charge >= 0.3 is 6.55 Å². The third-order valence-corrected chi connectivity index (χ3v) is 2.70. The maximum atomic E-state index is 12.2. The van der Waals surface area contributed by atoms with E-state index in [2.05, 4.69) is 31.3 Å². The van der Waals surface area contributed by atoms with E-state index in [-0.39, 0.29) is 10.6 Å². The van der Waals surface area contributed by atoms with Crippen molar-refractivity contribution < 1.29 is 8.78 Å². The maximum absolute atomic E-state index is 12.2. The fourth-order valence-electron chi connectivity index (χ4n) is 1.08. The first kappa shape index (κ1) is 11.4. The third-order valence-electron chi connectivity index (χ3n) is 1.77. The van der Waals surface area contributed by atoms with Gasteiger partial charge in [0.25, 0.3) is 0 Å². The molecule has 0 unspecified atom stereocenters. The topological polar surface area (TPSA) is 43.6 Å². The highest BCUT2D eigenvalue weighted by atomic mass is 79.9. The summed E-state index contributed by atoms with van der Waals surface area (Å²) < 4.78 is 25.1. The number of hydrogen-bond acceptors (Lipinski definition) is 3. The van der Waals surface area contributed by atoms with Crippen molar-refractivity contribution in [2.75, 3.05) is 0 Å². The number of aromatic nitrogens is 4. The monoisotopic (exact) mass is 308 g/mol. The van der Waals surface area contributed by atoms with Crippen LogP contribution in [0.4, 0.5) is 8.78 Å². The van der Waals surface area contributed by atoms with E-state index < -0.39 is 6.55 Å². The molecular formula is C8H4BrClF2N4. The zero-order chi connectivity index (χ0) is 11.7. The van der Waals surface area contributed by atoms with Crippen molar-refractivity contribution in [3.8, 4) is 11.4 Å². The summed E-state index contributed by atoms with van der Waals surface area (Å²) in [5.41, 5.74) is 0.513. The van der Waals surface area contributed by atoms with Crippen LogP contribution >= 0.6 is 27.5 Å². The van der Waals surface area contributed by atoms with Gasteiger partial charge in [-0.1, -0.05) is 32.3 Å². The van der Waals surface area contributed by atoms with Crippen molar-refractivity contribution in [2.45, 2.75) is 6.55 Å². The molecule has 0 bridgehead atoms. The second-order valence-corrected chi connectivity index (χ2v) is 4.13. The van der Waals surface area contributed by atoms with Gasteiger partial charge < -0.3 is 0 Å². The molecule has 2 aromatic rings. The molecule has 0 fully saturated rings. The van der Waals surface area contributed by atoms with E-state index in [1.165, 1.54) is 0 Å². The number of hydrogen-bond donors (Lipinski definition) is 0. The van der Waals surface area contributed by atoms with Crippen molar-refractivity contribution >= 4 is 27.5 Å². The summed E-state index contributed by atoms with van der Waals surface area (Å²) in [6, 6.07) is 4.91. The molecule has 0 atom stereocenters. The fourth-order valence-corrected chi connectivity index (χ4v) is 1.68. The molecule has 0 amide bonds. The van der Waals surface area contributed by atoms with Crippen LogP contribution in [0.25, 0.3) is 11.4 Å². The van der Waals surface area contributed by atoms with Gasteiger partial charge in [-0.05, 0) is 23.4 Å². The van der Waals surface area contributed by atoms with E-state index in [0.717, 1.165) is 0 Å². The van der Waals surface area contributed by atoms with Crippen molar-refractivity contribution in [1.82, 2.24) is 20.2 Å². The lowest BCUT2D eigenvalue weighted by molar-refractivity contribution is 0.0397. The highest BCUT2D eigenvalue weighted by Gasteiger charge is 2.14. The first-order valence-electron chi connectivity index (χ1n) is 4.11. The Hall–Kier alpha value is -1.08. The lowest BCUT2D eigenvalue weighted by Crippen LogP contribution is -2.02. The van der Waals surface area contributed by atoms with Crippen molar-refractivity contribution in [1.29, 1.82) is 0 Å². The summed E-state index contributed by atoms with van der Waals surface area (Å²) >= 11 is 9.03. The van der Waals surface area contributed by atoms with Crippen molar-refractivity contribution in [3.63, 3.8) is 0 Å². The molecule has 0 N–H and O–H groups in total. The van der Waals surface area contributed by atoms with Crippen LogP contribution in [-0.2, 0) is 0 Å². The fraction of sp³-hybridized carbons (Fsp3) is 0.125. The van der Waals surface area contributed by atoms with Crippen molar-refractivity contribution in [3.05, 3.63) is 27.7 Å². The molecular weight excluding hydrogens is 305 g/mol. The first-order chi connectivity index (χ1) is 7.58. The van der Waals surface area contributed by atoms with Gasteiger partial charge in [-0.3, -0.25) is 0 Å². The molecule has 1 heterocycles. The Kier molecular flexibility index (Phi) is 3.15. The van der Waals surface area contributed by atoms with E-state index in [0.29, 0.717) is 15.1 Å². The second-order valence-electron chi connectivity index (χ2n) is 2.84. The Morgan fingerprint density at radius 3 is 2.75 bits per heavy atom. The quantitative estimate of drug-likeness (QED) is 0.856. The van der Waals surface area contributed by atoms with Crippen LogP contribution in [0.1, 0.15) is 6.55 Å². The Morgan fingerprint density at radius 1 is 1.38 bits per heavy atom. The van der Waals surface area contributed by atoms with Gasteiger partial charge in [-0.2, -0.15) is 8.78 Å². The largest absolute Gasteiger partial charge is 0.350 e. The first-order valence-corrected chi connectivity index (χ1v) is 5.28. The minimum absolute atomic E-state index is 0.0923. The molecule has 0 aliphatic heterocycles. The average Bonchev–Trinajstić information content (AvgIpc) is 2.70. The van der Waals surface area contributed by atoms with Crippen LogP contribution in [0.5, 0.6) is 0 Å². The predicted octanol–water partition coefficient (Wildman–Crippen LogP) is 3.15. The van der Waals surface area contributed by atoms with Crippen LogP contribution in [0.2, 0.25) is 5.02 Å². The van der Waals surface area contributed by atoms with E-state index in [1.54, 1.807) is 18.2 Å². The molecule has 0 saturated heterocycles. The van der Waals surface area contributed by atoms with E-state index in [9.17, 15) is 8.78 Å². The molecule has 84 valence electrons. The molecule has 1 aromatic heterocycles. The lowest BCUT2D eigenvalue weighted by Gasteiger charge is -1.99. The van der Waals surface area contributed by atoms with Gasteiger partial charge in [0, 0.05) is 15.1 Å². The molecule has 0 aliphatic rings. The van der Waals surface area contributed by atoms with Gasteiger partial charge in [-0.25, -0.2) is 0 Å². The second kappa shape index (κ2) is 4.42. The molecule has 0 radical (unpaired) electrons. The van der Waals surface area contributed by atoms with Gasteiger partial charge in [0.2, 0.25) is 5.82 Å². The number of alkyl halides is 2. The van der Waals surface area contributed by atoms with E-state index in [4.69, 9.17) is 11.6 Å². The summed E-state index contributed by atoms with van der Waals surface area (Å²) in [6.07, 6.45) is 0. The average molecular weight is 310 g/mol. The zero-order valence-corrected chi connectivity index (χ0v) is 9.95. The van der Waals surface area contributed by atoms with E-state index >= 15 is 0 Å². The van der Waals surface area contributed by atoms with Crippen LogP contribution in [0, 0.1) is 0 Å². The van der Waals surface area contributed by atoms with Crippen LogP contribution in [0.3, 0.4) is 0 Å². The highest BCUT2D eigenvalue weighted by molar-refractivity contribution is 9.10. The number of nitrogens with zero attached hydrogens (tertiary/aromatic N) is 4. The summed E-state index contributed by atoms with van der Waals surface area (Å²) in [7, 11) is 0. The molecule has 1 aromatic carbocycles. The summed E-state index contributed by atoms with van der Waals surface area (Å²) in [4.78, 5) is 0.239. The smallest absolute Gasteiger partial charge is 0.182 e. The van der Waals surface area contributed by atoms with Crippen LogP contribution in [-0.4, -0.2) is 20.2 Å². The molecule has 2 rings (SSSR count). The Bertz CT molecular complexity index is 516. The Balaban J connectivity index is 2.46. The lowest BCUT2D eigenvalue weighted by atomic mass is 10.2. The summed E-state index contributed by atoms with van der Waals surface area (Å²) in [5, 5.41) is 10.7. The van der Waals surface area contributed by atoms with Gasteiger partial charge in [0.05, 0.1) is 0 Å². The minimum Gasteiger partial charge on any atom is -0.182 e. The SMILES string of the molecule is FC(F)n1nnc(-c2cc(Cl)ccc2Br)n1. The normalized spacial score (nSPS) is 11.1. The minimum atomic E-state index is -2.81. The van der Waals surface area contributed by atoms with Crippen molar-refractivity contribution in [2.24, 2.45) is 0 Å². The number of rotatable bonds is 2. The number of halogens is 4. The molecule has 0 spiro atoms. The standard InChI is InChI=1S/C8H4BrClF2N4/c9-6-2-1-4(10)3-5(6)7-13-15-16(14-7)8(11)12/h1-3,8H.